The van der Waals surface area contributed by atoms with E-state index in [1.165, 1.54) is 6.42 Å². The minimum absolute atomic E-state index is 0.00347. The van der Waals surface area contributed by atoms with Crippen molar-refractivity contribution >= 4 is 0 Å². The molecule has 0 amide bonds. The third-order valence-electron chi connectivity index (χ3n) is 3.81. The van der Waals surface area contributed by atoms with Crippen LogP contribution in [0.3, 0.4) is 0 Å². The number of alkyl halides is 1. The molecule has 3 N–H and O–H groups in total. The average molecular weight is 200 g/mol. The predicted molar refractivity (Wildman–Crippen MR) is 55.8 cm³/mol. The highest BCUT2D eigenvalue weighted by atomic mass is 19.1. The zero-order valence-electron chi connectivity index (χ0n) is 8.93. The Hall–Kier alpha value is -0.150. The molecule has 0 aromatic carbocycles. The van der Waals surface area contributed by atoms with Gasteiger partial charge in [0.2, 0.25) is 0 Å². The summed E-state index contributed by atoms with van der Waals surface area (Å²) in [7, 11) is 0. The predicted octanol–water partition coefficient (Wildman–Crippen LogP) is 1.45. The van der Waals surface area contributed by atoms with E-state index >= 15 is 0 Å². The van der Waals surface area contributed by atoms with Gasteiger partial charge in [0.05, 0.1) is 0 Å². The Labute approximate surface area is 85.4 Å². The van der Waals surface area contributed by atoms with Crippen LogP contribution in [0.25, 0.3) is 0 Å². The normalized spacial score (nSPS) is 37.9. The second-order valence-electron chi connectivity index (χ2n) is 5.04. The summed E-state index contributed by atoms with van der Waals surface area (Å²) in [6, 6.07) is 0.00347. The standard InChI is InChI=1S/C11H21FN2/c1-8-4-5-14-10(6-8)11(12,7-13)9-2-3-9/h8-10,14H,2-7,13H2,1H3. The highest BCUT2D eigenvalue weighted by molar-refractivity contribution is 5.05. The van der Waals surface area contributed by atoms with Gasteiger partial charge in [-0.25, -0.2) is 4.39 Å². The molecule has 2 fully saturated rings. The summed E-state index contributed by atoms with van der Waals surface area (Å²) in [5, 5.41) is 3.31. The van der Waals surface area contributed by atoms with Crippen molar-refractivity contribution in [2.24, 2.45) is 17.6 Å². The molecule has 1 saturated carbocycles. The fourth-order valence-corrected chi connectivity index (χ4v) is 2.63. The van der Waals surface area contributed by atoms with Gasteiger partial charge in [0.15, 0.2) is 0 Å². The second kappa shape index (κ2) is 3.78. The van der Waals surface area contributed by atoms with Gasteiger partial charge >= 0.3 is 0 Å². The van der Waals surface area contributed by atoms with Gasteiger partial charge in [-0.1, -0.05) is 6.92 Å². The molecular formula is C11H21FN2. The lowest BCUT2D eigenvalue weighted by Crippen LogP contribution is -2.56. The van der Waals surface area contributed by atoms with Crippen LogP contribution >= 0.6 is 0 Å². The van der Waals surface area contributed by atoms with Gasteiger partial charge in [-0.3, -0.25) is 0 Å². The zero-order chi connectivity index (χ0) is 10.2. The van der Waals surface area contributed by atoms with Crippen LogP contribution in [0.1, 0.15) is 32.6 Å². The lowest BCUT2D eigenvalue weighted by molar-refractivity contribution is 0.0622. The van der Waals surface area contributed by atoms with Crippen molar-refractivity contribution in [3.8, 4) is 0 Å². The van der Waals surface area contributed by atoms with Crippen molar-refractivity contribution in [3.05, 3.63) is 0 Å². The molecule has 0 aromatic heterocycles. The summed E-state index contributed by atoms with van der Waals surface area (Å²) in [4.78, 5) is 0. The molecule has 0 bridgehead atoms. The lowest BCUT2D eigenvalue weighted by Gasteiger charge is -2.38. The third-order valence-corrected chi connectivity index (χ3v) is 3.81. The van der Waals surface area contributed by atoms with E-state index in [0.717, 1.165) is 25.8 Å². The minimum atomic E-state index is -1.13. The third kappa shape index (κ3) is 1.80. The van der Waals surface area contributed by atoms with E-state index in [1.54, 1.807) is 0 Å². The smallest absolute Gasteiger partial charge is 0.141 e. The first-order chi connectivity index (χ1) is 6.66. The van der Waals surface area contributed by atoms with Crippen molar-refractivity contribution in [2.45, 2.75) is 44.3 Å². The number of hydrogen-bond donors (Lipinski definition) is 2. The highest BCUT2D eigenvalue weighted by Crippen LogP contribution is 2.45. The van der Waals surface area contributed by atoms with Gasteiger partial charge in [-0.2, -0.15) is 0 Å². The summed E-state index contributed by atoms with van der Waals surface area (Å²) in [5.41, 5.74) is 4.48. The number of hydrogen-bond acceptors (Lipinski definition) is 2. The quantitative estimate of drug-likeness (QED) is 0.723. The van der Waals surface area contributed by atoms with Crippen molar-refractivity contribution in [3.63, 3.8) is 0 Å². The zero-order valence-corrected chi connectivity index (χ0v) is 8.93. The fraction of sp³-hybridized carbons (Fsp3) is 1.00. The molecule has 0 radical (unpaired) electrons. The molecule has 3 atom stereocenters. The molecule has 1 aliphatic heterocycles. The molecule has 0 spiro atoms. The molecule has 2 nitrogen and oxygen atoms in total. The van der Waals surface area contributed by atoms with E-state index in [2.05, 4.69) is 12.2 Å². The minimum Gasteiger partial charge on any atom is -0.327 e. The summed E-state index contributed by atoms with van der Waals surface area (Å²) in [5.74, 6) is 0.872. The van der Waals surface area contributed by atoms with Crippen LogP contribution in [0.4, 0.5) is 4.39 Å². The highest BCUT2D eigenvalue weighted by Gasteiger charge is 2.50. The van der Waals surface area contributed by atoms with Crippen LogP contribution in [-0.4, -0.2) is 24.8 Å². The van der Waals surface area contributed by atoms with Gasteiger partial charge in [0.1, 0.15) is 5.67 Å². The van der Waals surface area contributed by atoms with E-state index in [9.17, 15) is 4.39 Å². The summed E-state index contributed by atoms with van der Waals surface area (Å²) in [6.07, 6.45) is 4.17. The molecule has 1 aliphatic carbocycles. The monoisotopic (exact) mass is 200 g/mol. The van der Waals surface area contributed by atoms with Crippen LogP contribution in [0.2, 0.25) is 0 Å². The number of rotatable bonds is 3. The molecule has 3 heteroatoms. The van der Waals surface area contributed by atoms with Crippen LogP contribution < -0.4 is 11.1 Å². The molecule has 2 aliphatic rings. The Balaban J connectivity index is 2.02. The van der Waals surface area contributed by atoms with Crippen LogP contribution in [0.15, 0.2) is 0 Å². The largest absolute Gasteiger partial charge is 0.327 e. The summed E-state index contributed by atoms with van der Waals surface area (Å²) < 4.78 is 14.6. The van der Waals surface area contributed by atoms with Gasteiger partial charge in [-0.15, -0.1) is 0 Å². The number of piperidine rings is 1. The van der Waals surface area contributed by atoms with Crippen molar-refractivity contribution in [2.75, 3.05) is 13.1 Å². The number of halogens is 1. The topological polar surface area (TPSA) is 38.0 Å². The average Bonchev–Trinajstić information content (AvgIpc) is 3.00. The molecule has 2 rings (SSSR count). The first kappa shape index (κ1) is 10.4. The molecule has 82 valence electrons. The molecule has 1 heterocycles. The molecule has 14 heavy (non-hydrogen) atoms. The lowest BCUT2D eigenvalue weighted by atomic mass is 9.82. The Morgan fingerprint density at radius 1 is 1.43 bits per heavy atom. The van der Waals surface area contributed by atoms with E-state index in [0.29, 0.717) is 5.92 Å². The van der Waals surface area contributed by atoms with E-state index in [1.807, 2.05) is 0 Å². The Morgan fingerprint density at radius 3 is 2.64 bits per heavy atom. The van der Waals surface area contributed by atoms with E-state index < -0.39 is 5.67 Å². The van der Waals surface area contributed by atoms with Gasteiger partial charge < -0.3 is 11.1 Å². The maximum Gasteiger partial charge on any atom is 0.141 e. The number of nitrogens with one attached hydrogen (secondary N) is 1. The molecule has 1 saturated heterocycles. The van der Waals surface area contributed by atoms with Gasteiger partial charge in [-0.05, 0) is 44.1 Å². The molecule has 3 unspecified atom stereocenters. The van der Waals surface area contributed by atoms with Crippen LogP contribution in [0.5, 0.6) is 0 Å². The Bertz CT molecular complexity index is 205. The summed E-state index contributed by atoms with van der Waals surface area (Å²) >= 11 is 0. The maximum absolute atomic E-state index is 14.6. The Kier molecular flexibility index (Phi) is 2.80. The van der Waals surface area contributed by atoms with Crippen LogP contribution in [-0.2, 0) is 0 Å². The maximum atomic E-state index is 14.6. The SMILES string of the molecule is CC1CCNC(C(F)(CN)C2CC2)C1. The first-order valence-electron chi connectivity index (χ1n) is 5.79. The second-order valence-corrected chi connectivity index (χ2v) is 5.04. The number of nitrogens with two attached hydrogens (primary N) is 1. The Morgan fingerprint density at radius 2 is 2.14 bits per heavy atom. The molecule has 0 aromatic rings. The van der Waals surface area contributed by atoms with Gasteiger partial charge in [0, 0.05) is 12.6 Å². The van der Waals surface area contributed by atoms with Crippen molar-refractivity contribution in [1.29, 1.82) is 0 Å². The fourth-order valence-electron chi connectivity index (χ4n) is 2.63. The van der Waals surface area contributed by atoms with Crippen molar-refractivity contribution in [1.82, 2.24) is 5.32 Å². The first-order valence-corrected chi connectivity index (χ1v) is 5.79. The van der Waals surface area contributed by atoms with E-state index in [-0.39, 0.29) is 18.5 Å². The summed E-state index contributed by atoms with van der Waals surface area (Å²) in [6.45, 7) is 3.34. The van der Waals surface area contributed by atoms with Gasteiger partial charge in [0.25, 0.3) is 0 Å². The van der Waals surface area contributed by atoms with Crippen molar-refractivity contribution < 1.29 is 4.39 Å². The van der Waals surface area contributed by atoms with E-state index in [4.69, 9.17) is 5.73 Å². The molecular weight excluding hydrogens is 179 g/mol. The van der Waals surface area contributed by atoms with Crippen LogP contribution in [0, 0.1) is 11.8 Å².